The second kappa shape index (κ2) is 3.56. The Hall–Kier alpha value is -1.11. The molecule has 72 valence electrons. The molecule has 0 amide bonds. The summed E-state index contributed by atoms with van der Waals surface area (Å²) in [7, 11) is 1.33. The number of esters is 1. The second-order valence-corrected chi connectivity index (χ2v) is 3.98. The van der Waals surface area contributed by atoms with Gasteiger partial charge in [0.1, 0.15) is 0 Å². The van der Waals surface area contributed by atoms with Crippen molar-refractivity contribution in [1.29, 1.82) is 0 Å². The number of nitrogens with zero attached hydrogens (tertiary/aromatic N) is 1. The minimum Gasteiger partial charge on any atom is -0.463 e. The molecule has 0 aliphatic rings. The first-order valence-electron chi connectivity index (χ1n) is 3.94. The number of methoxy groups -OCH3 is 1. The third-order valence-corrected chi connectivity index (χ3v) is 2.49. The first kappa shape index (κ1) is 9.45. The smallest absolute Gasteiger partial charge is 0.374 e. The van der Waals surface area contributed by atoms with Gasteiger partial charge in [-0.25, -0.2) is 9.78 Å². The van der Waals surface area contributed by atoms with Crippen molar-refractivity contribution in [2.45, 2.75) is 0 Å². The highest BCUT2D eigenvalue weighted by Crippen LogP contribution is 2.15. The van der Waals surface area contributed by atoms with Crippen molar-refractivity contribution in [2.24, 2.45) is 0 Å². The number of aromatic nitrogens is 2. The molecule has 0 atom stereocenters. The van der Waals surface area contributed by atoms with E-state index in [9.17, 15) is 4.79 Å². The number of hydrogen-bond acceptors (Lipinski definition) is 3. The van der Waals surface area contributed by atoms with Gasteiger partial charge in [0.25, 0.3) is 0 Å². The zero-order valence-electron chi connectivity index (χ0n) is 7.37. The first-order chi connectivity index (χ1) is 6.70. The number of H-pyrrole nitrogens is 1. The average Bonchev–Trinajstić information content (AvgIpc) is 2.59. The molecule has 0 aliphatic carbocycles. The summed E-state index contributed by atoms with van der Waals surface area (Å²) in [5.74, 6) is -0.208. The van der Waals surface area contributed by atoms with E-state index in [0.717, 1.165) is 14.6 Å². The van der Waals surface area contributed by atoms with Crippen molar-refractivity contribution < 1.29 is 9.53 Å². The Bertz CT molecular complexity index is 493. The van der Waals surface area contributed by atoms with Crippen molar-refractivity contribution >= 4 is 39.6 Å². The third-order valence-electron chi connectivity index (χ3n) is 1.82. The van der Waals surface area contributed by atoms with E-state index in [2.05, 4.69) is 37.3 Å². The number of rotatable bonds is 1. The zero-order valence-corrected chi connectivity index (χ0v) is 9.53. The van der Waals surface area contributed by atoms with Crippen molar-refractivity contribution in [3.63, 3.8) is 0 Å². The number of imidazole rings is 1. The molecule has 1 aromatic heterocycles. The highest BCUT2D eigenvalue weighted by molar-refractivity contribution is 14.1. The molecule has 4 nitrogen and oxygen atoms in total. The Morgan fingerprint density at radius 2 is 2.36 bits per heavy atom. The number of halogens is 1. The topological polar surface area (TPSA) is 55.0 Å². The summed E-state index contributed by atoms with van der Waals surface area (Å²) in [5.41, 5.74) is 1.61. The van der Waals surface area contributed by atoms with E-state index in [1.807, 2.05) is 18.2 Å². The van der Waals surface area contributed by atoms with Crippen LogP contribution in [0.5, 0.6) is 0 Å². The summed E-state index contributed by atoms with van der Waals surface area (Å²) in [6.07, 6.45) is 0. The number of carbonyl (C=O) groups excluding carboxylic acids is 1. The second-order valence-electron chi connectivity index (χ2n) is 2.74. The van der Waals surface area contributed by atoms with Crippen LogP contribution in [0.15, 0.2) is 18.2 Å². The van der Waals surface area contributed by atoms with Crippen LogP contribution in [0.3, 0.4) is 0 Å². The van der Waals surface area contributed by atoms with Crippen molar-refractivity contribution in [3.05, 3.63) is 27.6 Å². The maximum Gasteiger partial charge on any atom is 0.374 e. The number of carbonyl (C=O) groups is 1. The van der Waals surface area contributed by atoms with E-state index >= 15 is 0 Å². The van der Waals surface area contributed by atoms with Gasteiger partial charge in [0.15, 0.2) is 0 Å². The van der Waals surface area contributed by atoms with Crippen LogP contribution >= 0.6 is 22.6 Å². The molecule has 2 rings (SSSR count). The summed E-state index contributed by atoms with van der Waals surface area (Å²) < 4.78 is 5.64. The molecule has 2 aromatic rings. The van der Waals surface area contributed by atoms with Gasteiger partial charge in [-0.05, 0) is 40.8 Å². The lowest BCUT2D eigenvalue weighted by atomic mass is 10.3. The normalized spacial score (nSPS) is 10.4. The number of ether oxygens (including phenoxy) is 1. The van der Waals surface area contributed by atoms with Gasteiger partial charge in [-0.3, -0.25) is 0 Å². The van der Waals surface area contributed by atoms with Crippen LogP contribution in [0.4, 0.5) is 0 Å². The molecule has 0 spiro atoms. The Labute approximate surface area is 93.8 Å². The van der Waals surface area contributed by atoms with Gasteiger partial charge in [0.2, 0.25) is 5.82 Å². The fraction of sp³-hybridized carbons (Fsp3) is 0.111. The third kappa shape index (κ3) is 1.59. The maximum atomic E-state index is 11.2. The fourth-order valence-electron chi connectivity index (χ4n) is 1.17. The number of benzene rings is 1. The highest BCUT2D eigenvalue weighted by atomic mass is 127. The van der Waals surface area contributed by atoms with Crippen LogP contribution in [0.2, 0.25) is 0 Å². The highest BCUT2D eigenvalue weighted by Gasteiger charge is 2.10. The van der Waals surface area contributed by atoms with Gasteiger partial charge < -0.3 is 9.72 Å². The maximum absolute atomic E-state index is 11.2. The van der Waals surface area contributed by atoms with Crippen molar-refractivity contribution in [3.8, 4) is 0 Å². The SMILES string of the molecule is COC(=O)c1nc2cc(I)ccc2[nH]1. The molecular weight excluding hydrogens is 295 g/mol. The van der Waals surface area contributed by atoms with E-state index in [1.54, 1.807) is 0 Å². The summed E-state index contributed by atoms with van der Waals surface area (Å²) >= 11 is 2.19. The van der Waals surface area contributed by atoms with Crippen molar-refractivity contribution in [1.82, 2.24) is 9.97 Å². The minimum atomic E-state index is -0.448. The van der Waals surface area contributed by atoms with Crippen molar-refractivity contribution in [2.75, 3.05) is 7.11 Å². The summed E-state index contributed by atoms with van der Waals surface area (Å²) in [4.78, 5) is 18.1. The van der Waals surface area contributed by atoms with Gasteiger partial charge >= 0.3 is 5.97 Å². The van der Waals surface area contributed by atoms with Crippen LogP contribution in [0.25, 0.3) is 11.0 Å². The standard InChI is InChI=1S/C9H7IN2O2/c1-14-9(13)8-11-6-3-2-5(10)4-7(6)12-8/h2-4H,1H3,(H,11,12). The van der Waals surface area contributed by atoms with Gasteiger partial charge in [0, 0.05) is 3.57 Å². The molecular formula is C9H7IN2O2. The van der Waals surface area contributed by atoms with E-state index in [1.165, 1.54) is 7.11 Å². The Morgan fingerprint density at radius 1 is 1.57 bits per heavy atom. The minimum absolute atomic E-state index is 0.240. The molecule has 1 aromatic carbocycles. The molecule has 0 saturated heterocycles. The number of hydrogen-bond donors (Lipinski definition) is 1. The number of fused-ring (bicyclic) bond motifs is 1. The fourth-order valence-corrected chi connectivity index (χ4v) is 1.65. The predicted molar refractivity (Wildman–Crippen MR) is 60.2 cm³/mol. The Morgan fingerprint density at radius 3 is 3.07 bits per heavy atom. The van der Waals surface area contributed by atoms with Crippen LogP contribution in [0, 0.1) is 3.57 Å². The van der Waals surface area contributed by atoms with E-state index in [0.29, 0.717) is 0 Å². The van der Waals surface area contributed by atoms with Crippen LogP contribution in [-0.4, -0.2) is 23.0 Å². The number of nitrogens with one attached hydrogen (secondary N) is 1. The molecule has 0 unspecified atom stereocenters. The molecule has 5 heteroatoms. The van der Waals surface area contributed by atoms with E-state index in [-0.39, 0.29) is 5.82 Å². The predicted octanol–water partition coefficient (Wildman–Crippen LogP) is 1.95. The lowest BCUT2D eigenvalue weighted by Gasteiger charge is -1.90. The molecule has 1 N–H and O–H groups in total. The summed E-state index contributed by atoms with van der Waals surface area (Å²) in [6, 6.07) is 5.73. The molecule has 0 radical (unpaired) electrons. The van der Waals surface area contributed by atoms with Gasteiger partial charge in [-0.1, -0.05) is 0 Å². The van der Waals surface area contributed by atoms with E-state index in [4.69, 9.17) is 0 Å². The lowest BCUT2D eigenvalue weighted by Crippen LogP contribution is -2.02. The zero-order chi connectivity index (χ0) is 10.1. The largest absolute Gasteiger partial charge is 0.463 e. The Balaban J connectivity index is 2.56. The quantitative estimate of drug-likeness (QED) is 0.647. The molecule has 1 heterocycles. The summed E-state index contributed by atoms with van der Waals surface area (Å²) in [6.45, 7) is 0. The summed E-state index contributed by atoms with van der Waals surface area (Å²) in [5, 5.41) is 0. The molecule has 0 aliphatic heterocycles. The molecule has 14 heavy (non-hydrogen) atoms. The lowest BCUT2D eigenvalue weighted by molar-refractivity contribution is 0.0588. The average molecular weight is 302 g/mol. The molecule has 0 fully saturated rings. The Kier molecular flexibility index (Phi) is 2.40. The van der Waals surface area contributed by atoms with Gasteiger partial charge in [-0.2, -0.15) is 0 Å². The van der Waals surface area contributed by atoms with Crippen LogP contribution in [-0.2, 0) is 4.74 Å². The first-order valence-corrected chi connectivity index (χ1v) is 5.02. The van der Waals surface area contributed by atoms with E-state index < -0.39 is 5.97 Å². The monoisotopic (exact) mass is 302 g/mol. The molecule has 0 saturated carbocycles. The number of aromatic amines is 1. The van der Waals surface area contributed by atoms with Crippen LogP contribution in [0.1, 0.15) is 10.6 Å². The molecule has 0 bridgehead atoms. The van der Waals surface area contributed by atoms with Gasteiger partial charge in [-0.15, -0.1) is 0 Å². The van der Waals surface area contributed by atoms with Gasteiger partial charge in [0.05, 0.1) is 18.1 Å². The van der Waals surface area contributed by atoms with Crippen LogP contribution < -0.4 is 0 Å².